The molecule has 0 saturated carbocycles. The highest BCUT2D eigenvalue weighted by Crippen LogP contribution is 2.31. The third kappa shape index (κ3) is 5.49. The van der Waals surface area contributed by atoms with E-state index in [2.05, 4.69) is 31.4 Å². The van der Waals surface area contributed by atoms with E-state index in [4.69, 9.17) is 4.74 Å². The van der Waals surface area contributed by atoms with E-state index < -0.39 is 0 Å². The zero-order chi connectivity index (χ0) is 14.1. The van der Waals surface area contributed by atoms with E-state index in [9.17, 15) is 4.79 Å². The van der Waals surface area contributed by atoms with Crippen molar-refractivity contribution in [3.63, 3.8) is 0 Å². The van der Waals surface area contributed by atoms with Crippen LogP contribution in [0.3, 0.4) is 0 Å². The predicted octanol–water partition coefficient (Wildman–Crippen LogP) is 1.95. The summed E-state index contributed by atoms with van der Waals surface area (Å²) in [5.74, 6) is 0.749. The van der Waals surface area contributed by atoms with Crippen molar-refractivity contribution in [3.05, 3.63) is 0 Å². The summed E-state index contributed by atoms with van der Waals surface area (Å²) < 4.78 is 5.50. The molecular formula is C15H30N2O2. The lowest BCUT2D eigenvalue weighted by Gasteiger charge is -2.36. The Bertz CT molecular complexity index is 255. The van der Waals surface area contributed by atoms with E-state index in [1.54, 1.807) is 0 Å². The van der Waals surface area contributed by atoms with E-state index in [-0.39, 0.29) is 11.3 Å². The molecule has 0 spiro atoms. The second-order valence-electron chi connectivity index (χ2n) is 6.04. The van der Waals surface area contributed by atoms with Gasteiger partial charge in [-0.2, -0.15) is 0 Å². The summed E-state index contributed by atoms with van der Waals surface area (Å²) in [6.07, 6.45) is 4.13. The fourth-order valence-corrected chi connectivity index (χ4v) is 2.71. The normalized spacial score (nSPS) is 23.6. The third-order valence-electron chi connectivity index (χ3n) is 3.67. The monoisotopic (exact) mass is 270 g/mol. The molecular weight excluding hydrogens is 240 g/mol. The third-order valence-corrected chi connectivity index (χ3v) is 3.67. The molecule has 0 aromatic carbocycles. The first kappa shape index (κ1) is 16.4. The quantitative estimate of drug-likeness (QED) is 0.663. The molecule has 1 atom stereocenters. The Morgan fingerprint density at radius 1 is 1.47 bits per heavy atom. The van der Waals surface area contributed by atoms with Crippen LogP contribution in [0.2, 0.25) is 0 Å². The van der Waals surface area contributed by atoms with E-state index in [1.165, 1.54) is 0 Å². The highest BCUT2D eigenvalue weighted by Gasteiger charge is 2.38. The van der Waals surface area contributed by atoms with Gasteiger partial charge in [0.15, 0.2) is 0 Å². The van der Waals surface area contributed by atoms with E-state index in [0.717, 1.165) is 45.4 Å². The van der Waals surface area contributed by atoms with Crippen LogP contribution in [0.5, 0.6) is 0 Å². The van der Waals surface area contributed by atoms with Gasteiger partial charge in [-0.05, 0) is 31.7 Å². The number of carbonyl (C=O) groups excluding carboxylic acids is 1. The number of ether oxygens (including phenoxy) is 1. The van der Waals surface area contributed by atoms with Crippen LogP contribution < -0.4 is 10.6 Å². The minimum Gasteiger partial charge on any atom is -0.379 e. The molecule has 0 aromatic heterocycles. The van der Waals surface area contributed by atoms with Gasteiger partial charge in [0.1, 0.15) is 0 Å². The maximum Gasteiger partial charge on any atom is 0.227 e. The van der Waals surface area contributed by atoms with Crippen molar-refractivity contribution in [2.45, 2.75) is 46.5 Å². The van der Waals surface area contributed by atoms with Gasteiger partial charge in [-0.1, -0.05) is 27.2 Å². The van der Waals surface area contributed by atoms with Gasteiger partial charge in [0.2, 0.25) is 5.91 Å². The van der Waals surface area contributed by atoms with Crippen LogP contribution in [0.4, 0.5) is 0 Å². The average Bonchev–Trinajstić information content (AvgIpc) is 2.39. The van der Waals surface area contributed by atoms with Crippen LogP contribution in [-0.4, -0.2) is 38.8 Å². The number of piperidine rings is 1. The molecule has 1 aliphatic heterocycles. The minimum absolute atomic E-state index is 0.189. The fraction of sp³-hybridized carbons (Fsp3) is 0.933. The first-order valence-corrected chi connectivity index (χ1v) is 7.67. The number of nitrogens with one attached hydrogen (secondary N) is 2. The first-order chi connectivity index (χ1) is 9.10. The van der Waals surface area contributed by atoms with Gasteiger partial charge in [-0.3, -0.25) is 4.79 Å². The van der Waals surface area contributed by atoms with E-state index >= 15 is 0 Å². The van der Waals surface area contributed by atoms with Crippen LogP contribution in [0.25, 0.3) is 0 Å². The molecule has 112 valence electrons. The molecule has 1 fully saturated rings. The second-order valence-corrected chi connectivity index (χ2v) is 6.04. The number of hydrogen-bond donors (Lipinski definition) is 2. The summed E-state index contributed by atoms with van der Waals surface area (Å²) in [6, 6.07) is 0. The molecule has 4 nitrogen and oxygen atoms in total. The van der Waals surface area contributed by atoms with Gasteiger partial charge in [-0.25, -0.2) is 0 Å². The molecule has 4 heteroatoms. The molecule has 0 aliphatic carbocycles. The Balaban J connectivity index is 2.32. The Hall–Kier alpha value is -0.610. The van der Waals surface area contributed by atoms with Crippen molar-refractivity contribution in [3.8, 4) is 0 Å². The summed E-state index contributed by atoms with van der Waals surface area (Å²) in [7, 11) is 0. The van der Waals surface area contributed by atoms with Gasteiger partial charge in [-0.15, -0.1) is 0 Å². The lowest BCUT2D eigenvalue weighted by Crippen LogP contribution is -2.51. The Morgan fingerprint density at radius 2 is 2.26 bits per heavy atom. The molecule has 0 radical (unpaired) electrons. The van der Waals surface area contributed by atoms with Crippen molar-refractivity contribution in [2.24, 2.45) is 11.3 Å². The molecule has 1 aliphatic rings. The summed E-state index contributed by atoms with van der Waals surface area (Å²) in [5, 5.41) is 6.41. The van der Waals surface area contributed by atoms with Crippen LogP contribution >= 0.6 is 0 Å². The van der Waals surface area contributed by atoms with Crippen LogP contribution in [0.15, 0.2) is 0 Å². The molecule has 1 unspecified atom stereocenters. The van der Waals surface area contributed by atoms with Gasteiger partial charge in [0.05, 0.1) is 12.0 Å². The zero-order valence-corrected chi connectivity index (χ0v) is 12.8. The number of hydrogen-bond acceptors (Lipinski definition) is 3. The van der Waals surface area contributed by atoms with Crippen LogP contribution in [-0.2, 0) is 9.53 Å². The number of carbonyl (C=O) groups is 1. The van der Waals surface area contributed by atoms with E-state index in [0.29, 0.717) is 19.1 Å². The maximum absolute atomic E-state index is 12.4. The van der Waals surface area contributed by atoms with Crippen LogP contribution in [0, 0.1) is 11.3 Å². The lowest BCUT2D eigenvalue weighted by molar-refractivity contribution is -0.132. The maximum atomic E-state index is 12.4. The molecule has 1 rings (SSSR count). The lowest BCUT2D eigenvalue weighted by atomic mass is 9.76. The summed E-state index contributed by atoms with van der Waals surface area (Å²) in [6.45, 7) is 10.3. The van der Waals surface area contributed by atoms with Crippen LogP contribution in [0.1, 0.15) is 46.5 Å². The summed E-state index contributed by atoms with van der Waals surface area (Å²) in [5.41, 5.74) is -0.189. The smallest absolute Gasteiger partial charge is 0.227 e. The highest BCUT2D eigenvalue weighted by atomic mass is 16.5. The SMILES string of the molecule is CCCC1(C(=O)NCCOCC(C)C)CCCNC1. The Morgan fingerprint density at radius 3 is 2.84 bits per heavy atom. The summed E-state index contributed by atoms with van der Waals surface area (Å²) in [4.78, 5) is 12.4. The van der Waals surface area contributed by atoms with Crippen molar-refractivity contribution in [2.75, 3.05) is 32.8 Å². The Labute approximate surface area is 117 Å². The number of rotatable bonds is 8. The van der Waals surface area contributed by atoms with Gasteiger partial charge in [0, 0.05) is 19.7 Å². The molecule has 1 saturated heterocycles. The van der Waals surface area contributed by atoms with E-state index in [1.807, 2.05) is 0 Å². The molecule has 0 bridgehead atoms. The topological polar surface area (TPSA) is 50.4 Å². The van der Waals surface area contributed by atoms with Crippen molar-refractivity contribution < 1.29 is 9.53 Å². The number of amides is 1. The standard InChI is InChI=1S/C15H30N2O2/c1-4-6-15(7-5-8-16-12-15)14(18)17-9-10-19-11-13(2)3/h13,16H,4-12H2,1-3H3,(H,17,18). The zero-order valence-electron chi connectivity index (χ0n) is 12.8. The van der Waals surface area contributed by atoms with Gasteiger partial charge in [0.25, 0.3) is 0 Å². The summed E-state index contributed by atoms with van der Waals surface area (Å²) >= 11 is 0. The first-order valence-electron chi connectivity index (χ1n) is 7.67. The average molecular weight is 270 g/mol. The molecule has 0 aromatic rings. The predicted molar refractivity (Wildman–Crippen MR) is 78.1 cm³/mol. The molecule has 2 N–H and O–H groups in total. The van der Waals surface area contributed by atoms with Crippen molar-refractivity contribution in [1.82, 2.24) is 10.6 Å². The second kappa shape index (κ2) is 8.54. The largest absolute Gasteiger partial charge is 0.379 e. The fourth-order valence-electron chi connectivity index (χ4n) is 2.71. The highest BCUT2D eigenvalue weighted by molar-refractivity contribution is 5.83. The Kier molecular flexibility index (Phi) is 7.39. The minimum atomic E-state index is -0.189. The molecule has 1 amide bonds. The van der Waals surface area contributed by atoms with Gasteiger partial charge < -0.3 is 15.4 Å². The van der Waals surface area contributed by atoms with Crippen molar-refractivity contribution >= 4 is 5.91 Å². The van der Waals surface area contributed by atoms with Gasteiger partial charge >= 0.3 is 0 Å². The van der Waals surface area contributed by atoms with Crippen molar-refractivity contribution in [1.29, 1.82) is 0 Å². The molecule has 1 heterocycles. The molecule has 19 heavy (non-hydrogen) atoms.